The van der Waals surface area contributed by atoms with E-state index in [1.807, 2.05) is 24.3 Å². The second-order valence-corrected chi connectivity index (χ2v) is 8.48. The van der Waals surface area contributed by atoms with E-state index in [9.17, 15) is 19.7 Å². The van der Waals surface area contributed by atoms with E-state index in [0.717, 1.165) is 36.8 Å². The summed E-state index contributed by atoms with van der Waals surface area (Å²) in [5.74, 6) is 0.562. The highest BCUT2D eigenvalue weighted by molar-refractivity contribution is 5.84. The van der Waals surface area contributed by atoms with Crippen molar-refractivity contribution in [2.75, 3.05) is 0 Å². The molecule has 2 N–H and O–H groups in total. The van der Waals surface area contributed by atoms with Crippen LogP contribution >= 0.6 is 0 Å². The molecule has 1 heterocycles. The van der Waals surface area contributed by atoms with Gasteiger partial charge < -0.3 is 10.1 Å². The van der Waals surface area contributed by atoms with Crippen LogP contribution in [0, 0.1) is 15.5 Å². The number of nitrogens with zero attached hydrogens (tertiary/aromatic N) is 2. The molecule has 1 spiro atoms. The molecule has 3 aromatic rings. The van der Waals surface area contributed by atoms with Crippen LogP contribution in [0.15, 0.2) is 53.3 Å². The van der Waals surface area contributed by atoms with E-state index in [4.69, 9.17) is 4.74 Å². The minimum Gasteiger partial charge on any atom is -0.410 e. The van der Waals surface area contributed by atoms with E-state index in [1.54, 1.807) is 0 Å². The Kier molecular flexibility index (Phi) is 4.46. The topological polar surface area (TPSA) is 127 Å². The first-order valence-corrected chi connectivity index (χ1v) is 10.1. The van der Waals surface area contributed by atoms with Gasteiger partial charge in [-0.2, -0.15) is 5.10 Å². The number of H-pyrrole nitrogens is 1. The number of aromatic nitrogens is 2. The molecule has 1 amide bonds. The lowest BCUT2D eigenvalue weighted by molar-refractivity contribution is -0.384. The number of hydrogen-bond donors (Lipinski definition) is 2. The number of carbonyl (C=O) groups is 1. The highest BCUT2D eigenvalue weighted by Crippen LogP contribution is 2.62. The predicted octanol–water partition coefficient (Wildman–Crippen LogP) is 3.65. The first kappa shape index (κ1) is 19.2. The highest BCUT2D eigenvalue weighted by Gasteiger charge is 2.54. The van der Waals surface area contributed by atoms with E-state index in [1.165, 1.54) is 24.3 Å². The van der Waals surface area contributed by atoms with Gasteiger partial charge in [-0.3, -0.25) is 14.9 Å². The molecule has 9 nitrogen and oxygen atoms in total. The minimum atomic E-state index is -0.558. The zero-order chi connectivity index (χ0) is 21.6. The van der Waals surface area contributed by atoms with Gasteiger partial charge in [0.15, 0.2) is 0 Å². The lowest BCUT2D eigenvalue weighted by Gasteiger charge is -2.57. The third kappa shape index (κ3) is 3.52. The van der Waals surface area contributed by atoms with Crippen molar-refractivity contribution in [2.24, 2.45) is 5.41 Å². The van der Waals surface area contributed by atoms with Crippen LogP contribution in [0.1, 0.15) is 37.3 Å². The molecule has 2 saturated carbocycles. The smallest absolute Gasteiger partial charge is 0.410 e. The van der Waals surface area contributed by atoms with Crippen LogP contribution in [0.3, 0.4) is 0 Å². The molecule has 0 bridgehead atoms. The van der Waals surface area contributed by atoms with E-state index in [0.29, 0.717) is 11.3 Å². The molecule has 2 aliphatic rings. The molecule has 2 fully saturated rings. The number of nitro benzene ring substituents is 1. The lowest BCUT2D eigenvalue weighted by atomic mass is 9.49. The summed E-state index contributed by atoms with van der Waals surface area (Å²) in [6, 6.07) is 13.0. The molecule has 1 aromatic heterocycles. The summed E-state index contributed by atoms with van der Waals surface area (Å²) in [5.41, 5.74) is 0.912. The fourth-order valence-corrected chi connectivity index (χ4v) is 4.99. The summed E-state index contributed by atoms with van der Waals surface area (Å²) in [4.78, 5) is 34.3. The van der Waals surface area contributed by atoms with Crippen molar-refractivity contribution >= 4 is 22.6 Å². The van der Waals surface area contributed by atoms with Gasteiger partial charge in [-0.05, 0) is 49.3 Å². The van der Waals surface area contributed by atoms with Crippen LogP contribution < -0.4 is 15.6 Å². The van der Waals surface area contributed by atoms with Gasteiger partial charge in [-0.15, -0.1) is 0 Å². The van der Waals surface area contributed by atoms with Gasteiger partial charge >= 0.3 is 6.09 Å². The molecule has 0 unspecified atom stereocenters. The largest absolute Gasteiger partial charge is 0.412 e. The van der Waals surface area contributed by atoms with Gasteiger partial charge in [0.1, 0.15) is 5.75 Å². The molecular formula is C22H20N4O5. The second-order valence-electron chi connectivity index (χ2n) is 8.48. The van der Waals surface area contributed by atoms with Crippen LogP contribution in [0.25, 0.3) is 10.8 Å². The van der Waals surface area contributed by atoms with Crippen molar-refractivity contribution in [2.45, 2.75) is 37.6 Å². The fraction of sp³-hybridized carbons (Fsp3) is 0.318. The van der Waals surface area contributed by atoms with Gasteiger partial charge in [-0.25, -0.2) is 9.89 Å². The molecule has 0 saturated heterocycles. The molecule has 31 heavy (non-hydrogen) atoms. The molecule has 9 heteroatoms. The lowest BCUT2D eigenvalue weighted by Crippen LogP contribution is -2.56. The first-order valence-electron chi connectivity index (χ1n) is 10.1. The van der Waals surface area contributed by atoms with E-state index in [2.05, 4.69) is 15.5 Å². The Hall–Kier alpha value is -3.75. The molecular weight excluding hydrogens is 400 g/mol. The zero-order valence-corrected chi connectivity index (χ0v) is 16.5. The standard InChI is InChI=1S/C22H20N4O5/c27-20-18-4-2-1-3-17(18)19(24-25-20)13-9-22(10-13)11-14(12-22)23-21(28)31-16-7-5-15(6-8-16)26(29)30/h1-8,13-14H,9-12H2,(H,23,28)(H,25,27). The number of fused-ring (bicyclic) bond motifs is 1. The Morgan fingerprint density at radius 3 is 2.45 bits per heavy atom. The van der Waals surface area contributed by atoms with Gasteiger partial charge in [0.25, 0.3) is 11.2 Å². The Balaban J connectivity index is 1.15. The number of benzene rings is 2. The van der Waals surface area contributed by atoms with Crippen molar-refractivity contribution < 1.29 is 14.5 Å². The van der Waals surface area contributed by atoms with Crippen LogP contribution in [0.5, 0.6) is 5.75 Å². The van der Waals surface area contributed by atoms with Crippen LogP contribution in [-0.2, 0) is 0 Å². The number of ether oxygens (including phenoxy) is 1. The van der Waals surface area contributed by atoms with Gasteiger partial charge in [0.05, 0.1) is 16.0 Å². The molecule has 2 aliphatic carbocycles. The summed E-state index contributed by atoms with van der Waals surface area (Å²) in [6.45, 7) is 0. The maximum absolute atomic E-state index is 12.1. The number of nitro groups is 1. The third-order valence-electron chi connectivity index (χ3n) is 6.41. The van der Waals surface area contributed by atoms with Crippen LogP contribution in [-0.4, -0.2) is 27.3 Å². The van der Waals surface area contributed by atoms with Crippen molar-refractivity contribution in [1.82, 2.24) is 15.5 Å². The Morgan fingerprint density at radius 2 is 1.77 bits per heavy atom. The van der Waals surface area contributed by atoms with Crippen molar-refractivity contribution in [3.63, 3.8) is 0 Å². The quantitative estimate of drug-likeness (QED) is 0.490. The van der Waals surface area contributed by atoms with Crippen LogP contribution in [0.2, 0.25) is 0 Å². The van der Waals surface area contributed by atoms with Crippen molar-refractivity contribution in [3.05, 3.63) is 74.7 Å². The first-order chi connectivity index (χ1) is 14.9. The average molecular weight is 420 g/mol. The number of amides is 1. The number of hydrogen-bond acceptors (Lipinski definition) is 6. The Morgan fingerprint density at radius 1 is 1.10 bits per heavy atom. The maximum atomic E-state index is 12.1. The third-order valence-corrected chi connectivity index (χ3v) is 6.41. The van der Waals surface area contributed by atoms with Crippen LogP contribution in [0.4, 0.5) is 10.5 Å². The highest BCUT2D eigenvalue weighted by atomic mass is 16.6. The van der Waals surface area contributed by atoms with Crippen molar-refractivity contribution in [3.8, 4) is 5.75 Å². The second kappa shape index (κ2) is 7.19. The summed E-state index contributed by atoms with van der Waals surface area (Å²) < 4.78 is 5.21. The Bertz CT molecular complexity index is 1220. The average Bonchev–Trinajstić information content (AvgIpc) is 2.70. The summed E-state index contributed by atoms with van der Waals surface area (Å²) in [6.07, 6.45) is 3.15. The number of aromatic amines is 1. The van der Waals surface area contributed by atoms with Crippen molar-refractivity contribution in [1.29, 1.82) is 0 Å². The zero-order valence-electron chi connectivity index (χ0n) is 16.5. The molecule has 0 aliphatic heterocycles. The number of nitrogens with one attached hydrogen (secondary N) is 2. The number of rotatable bonds is 4. The molecule has 158 valence electrons. The van der Waals surface area contributed by atoms with Gasteiger partial charge in [0, 0.05) is 29.5 Å². The van der Waals surface area contributed by atoms with E-state index < -0.39 is 11.0 Å². The molecule has 0 radical (unpaired) electrons. The summed E-state index contributed by atoms with van der Waals surface area (Å²) >= 11 is 0. The molecule has 2 aromatic carbocycles. The summed E-state index contributed by atoms with van der Waals surface area (Å²) in [7, 11) is 0. The monoisotopic (exact) mass is 420 g/mol. The van der Waals surface area contributed by atoms with E-state index in [-0.39, 0.29) is 28.5 Å². The molecule has 0 atom stereocenters. The van der Waals surface area contributed by atoms with E-state index >= 15 is 0 Å². The normalized spacial score (nSPS) is 24.3. The number of carbonyl (C=O) groups excluding carboxylic acids is 1. The van der Waals surface area contributed by atoms with Gasteiger partial charge in [0.2, 0.25) is 0 Å². The number of non-ortho nitro benzene ring substituents is 1. The molecule has 5 rings (SSSR count). The van der Waals surface area contributed by atoms with Gasteiger partial charge in [-0.1, -0.05) is 18.2 Å². The summed E-state index contributed by atoms with van der Waals surface area (Å²) in [5, 5.41) is 22.0. The Labute approximate surface area is 176 Å². The predicted molar refractivity (Wildman–Crippen MR) is 112 cm³/mol. The maximum Gasteiger partial charge on any atom is 0.412 e. The minimum absolute atomic E-state index is 0.0479. The SMILES string of the molecule is O=C(NC1CC2(C1)CC(c1n[nH]c(=O)c3ccccc13)C2)Oc1ccc([N+](=O)[O-])cc1. The fourth-order valence-electron chi connectivity index (χ4n) is 4.99.